The summed E-state index contributed by atoms with van der Waals surface area (Å²) in [5.41, 5.74) is 6.01. The fourth-order valence-corrected chi connectivity index (χ4v) is 4.06. The second kappa shape index (κ2) is 6.55. The van der Waals surface area contributed by atoms with Crippen LogP contribution >= 0.6 is 0 Å². The Hall–Kier alpha value is -0.130. The molecular formula is C14H30N2O2S. The van der Waals surface area contributed by atoms with Crippen LogP contribution in [-0.2, 0) is 9.84 Å². The van der Waals surface area contributed by atoms with E-state index in [1.54, 1.807) is 13.8 Å². The molecule has 1 saturated carbocycles. The van der Waals surface area contributed by atoms with Crippen molar-refractivity contribution in [2.75, 3.05) is 25.9 Å². The molecule has 1 fully saturated rings. The lowest BCUT2D eigenvalue weighted by Crippen LogP contribution is -2.55. The number of nitrogens with two attached hydrogens (primary N) is 1. The van der Waals surface area contributed by atoms with Crippen molar-refractivity contribution in [2.24, 2.45) is 11.7 Å². The van der Waals surface area contributed by atoms with E-state index in [1.165, 1.54) is 12.8 Å². The first-order chi connectivity index (χ1) is 8.73. The van der Waals surface area contributed by atoms with E-state index in [-0.39, 0.29) is 16.5 Å². The van der Waals surface area contributed by atoms with Gasteiger partial charge in [0.2, 0.25) is 0 Å². The number of sulfone groups is 1. The van der Waals surface area contributed by atoms with E-state index < -0.39 is 9.84 Å². The van der Waals surface area contributed by atoms with Crippen LogP contribution in [0.1, 0.15) is 46.5 Å². The first kappa shape index (κ1) is 16.9. The first-order valence-corrected chi connectivity index (χ1v) is 9.08. The van der Waals surface area contributed by atoms with Crippen LogP contribution in [0.5, 0.6) is 0 Å². The Morgan fingerprint density at radius 2 is 2.05 bits per heavy atom. The number of likely N-dealkylation sites (N-methyl/N-ethyl adjacent to an activating group) is 1. The summed E-state index contributed by atoms with van der Waals surface area (Å²) in [6.07, 6.45) is 4.63. The number of hydrogen-bond acceptors (Lipinski definition) is 4. The standard InChI is InChI=1S/C14H30N2O2S/c1-12(2)19(17,18)9-8-16(4)14(11-15)7-5-6-13(3)10-14/h12-13H,5-11,15H2,1-4H3. The molecule has 1 aliphatic rings. The van der Waals surface area contributed by atoms with Crippen molar-refractivity contribution in [3.05, 3.63) is 0 Å². The molecule has 114 valence electrons. The van der Waals surface area contributed by atoms with Gasteiger partial charge in [0.05, 0.1) is 11.0 Å². The van der Waals surface area contributed by atoms with Gasteiger partial charge < -0.3 is 5.73 Å². The summed E-state index contributed by atoms with van der Waals surface area (Å²) in [6.45, 7) is 6.97. The molecule has 1 rings (SSSR count). The highest BCUT2D eigenvalue weighted by molar-refractivity contribution is 7.92. The zero-order chi connectivity index (χ0) is 14.7. The number of rotatable bonds is 6. The van der Waals surface area contributed by atoms with Gasteiger partial charge in [-0.25, -0.2) is 8.42 Å². The maximum Gasteiger partial charge on any atom is 0.153 e. The highest BCUT2D eigenvalue weighted by atomic mass is 32.2. The quantitative estimate of drug-likeness (QED) is 0.808. The smallest absolute Gasteiger partial charge is 0.153 e. The fourth-order valence-electron chi connectivity index (χ4n) is 3.06. The molecule has 2 unspecified atom stereocenters. The average Bonchev–Trinajstić information content (AvgIpc) is 2.35. The lowest BCUT2D eigenvalue weighted by molar-refractivity contribution is 0.0668. The van der Waals surface area contributed by atoms with Gasteiger partial charge in [0, 0.05) is 18.6 Å². The van der Waals surface area contributed by atoms with Gasteiger partial charge in [-0.1, -0.05) is 19.8 Å². The molecule has 4 nitrogen and oxygen atoms in total. The topological polar surface area (TPSA) is 63.4 Å². The molecule has 0 bridgehead atoms. The third kappa shape index (κ3) is 4.17. The van der Waals surface area contributed by atoms with Gasteiger partial charge in [0.15, 0.2) is 9.84 Å². The lowest BCUT2D eigenvalue weighted by Gasteiger charge is -2.46. The first-order valence-electron chi connectivity index (χ1n) is 7.36. The van der Waals surface area contributed by atoms with Crippen LogP contribution in [-0.4, -0.2) is 50.0 Å². The van der Waals surface area contributed by atoms with E-state index in [0.29, 0.717) is 19.0 Å². The van der Waals surface area contributed by atoms with Gasteiger partial charge in [-0.05, 0) is 39.7 Å². The van der Waals surface area contributed by atoms with E-state index in [1.807, 2.05) is 7.05 Å². The van der Waals surface area contributed by atoms with Gasteiger partial charge in [-0.15, -0.1) is 0 Å². The minimum absolute atomic E-state index is 0.00413. The SMILES string of the molecule is CC1CCCC(CN)(N(C)CCS(=O)(=O)C(C)C)C1. The van der Waals surface area contributed by atoms with Gasteiger partial charge in [0.25, 0.3) is 0 Å². The predicted molar refractivity (Wildman–Crippen MR) is 81.0 cm³/mol. The third-order valence-corrected chi connectivity index (χ3v) is 6.87. The van der Waals surface area contributed by atoms with Crippen molar-refractivity contribution < 1.29 is 8.42 Å². The van der Waals surface area contributed by atoms with Gasteiger partial charge >= 0.3 is 0 Å². The van der Waals surface area contributed by atoms with Crippen molar-refractivity contribution in [1.82, 2.24) is 4.90 Å². The molecule has 0 aromatic rings. The monoisotopic (exact) mass is 290 g/mol. The molecule has 2 N–H and O–H groups in total. The Morgan fingerprint density at radius 1 is 1.42 bits per heavy atom. The Morgan fingerprint density at radius 3 is 2.53 bits per heavy atom. The maximum absolute atomic E-state index is 11.9. The zero-order valence-electron chi connectivity index (χ0n) is 12.9. The van der Waals surface area contributed by atoms with Crippen molar-refractivity contribution in [3.63, 3.8) is 0 Å². The molecule has 1 aliphatic carbocycles. The molecule has 0 spiro atoms. The molecular weight excluding hydrogens is 260 g/mol. The van der Waals surface area contributed by atoms with Crippen LogP contribution < -0.4 is 5.73 Å². The van der Waals surface area contributed by atoms with Crippen molar-refractivity contribution in [2.45, 2.75) is 57.2 Å². The van der Waals surface area contributed by atoms with Gasteiger partial charge in [0.1, 0.15) is 0 Å². The fraction of sp³-hybridized carbons (Fsp3) is 1.00. The van der Waals surface area contributed by atoms with E-state index in [0.717, 1.165) is 12.8 Å². The highest BCUT2D eigenvalue weighted by Gasteiger charge is 2.37. The van der Waals surface area contributed by atoms with Crippen LogP contribution in [0.2, 0.25) is 0 Å². The lowest BCUT2D eigenvalue weighted by atomic mass is 9.75. The molecule has 2 atom stereocenters. The van der Waals surface area contributed by atoms with E-state index in [4.69, 9.17) is 5.73 Å². The summed E-state index contributed by atoms with van der Waals surface area (Å²) < 4.78 is 23.8. The van der Waals surface area contributed by atoms with Crippen LogP contribution in [0, 0.1) is 5.92 Å². The molecule has 0 aromatic heterocycles. The average molecular weight is 290 g/mol. The summed E-state index contributed by atoms with van der Waals surface area (Å²) in [4.78, 5) is 2.20. The minimum Gasteiger partial charge on any atom is -0.329 e. The van der Waals surface area contributed by atoms with E-state index in [9.17, 15) is 8.42 Å². The normalized spacial score (nSPS) is 29.1. The van der Waals surface area contributed by atoms with Crippen molar-refractivity contribution in [3.8, 4) is 0 Å². The number of nitrogens with zero attached hydrogens (tertiary/aromatic N) is 1. The van der Waals surface area contributed by atoms with Gasteiger partial charge in [-0.2, -0.15) is 0 Å². The van der Waals surface area contributed by atoms with Crippen molar-refractivity contribution in [1.29, 1.82) is 0 Å². The minimum atomic E-state index is -2.96. The Labute approximate surface area is 118 Å². The summed E-state index contributed by atoms with van der Waals surface area (Å²) >= 11 is 0. The Bertz CT molecular complexity index is 381. The zero-order valence-corrected chi connectivity index (χ0v) is 13.7. The largest absolute Gasteiger partial charge is 0.329 e. The highest BCUT2D eigenvalue weighted by Crippen LogP contribution is 2.35. The van der Waals surface area contributed by atoms with E-state index >= 15 is 0 Å². The predicted octanol–water partition coefficient (Wildman–Crippen LogP) is 1.65. The second-order valence-electron chi connectivity index (χ2n) is 6.47. The summed E-state index contributed by atoms with van der Waals surface area (Å²) in [6, 6.07) is 0. The Kier molecular flexibility index (Phi) is 5.83. The molecule has 19 heavy (non-hydrogen) atoms. The number of hydrogen-bond donors (Lipinski definition) is 1. The molecule has 0 saturated heterocycles. The summed E-state index contributed by atoms with van der Waals surface area (Å²) in [5, 5.41) is -0.292. The van der Waals surface area contributed by atoms with E-state index in [2.05, 4.69) is 11.8 Å². The van der Waals surface area contributed by atoms with Crippen LogP contribution in [0.3, 0.4) is 0 Å². The molecule has 0 aromatic carbocycles. The molecule has 5 heteroatoms. The second-order valence-corrected chi connectivity index (χ2v) is 9.14. The Balaban J connectivity index is 2.67. The molecule has 0 radical (unpaired) electrons. The van der Waals surface area contributed by atoms with Gasteiger partial charge in [-0.3, -0.25) is 4.90 Å². The molecule has 0 heterocycles. The maximum atomic E-state index is 11.9. The van der Waals surface area contributed by atoms with Crippen LogP contribution in [0.25, 0.3) is 0 Å². The summed E-state index contributed by atoms with van der Waals surface area (Å²) in [5.74, 6) is 0.915. The molecule has 0 aliphatic heterocycles. The summed E-state index contributed by atoms with van der Waals surface area (Å²) in [7, 11) is -0.934. The van der Waals surface area contributed by atoms with Crippen LogP contribution in [0.15, 0.2) is 0 Å². The third-order valence-electron chi connectivity index (χ3n) is 4.69. The molecule has 0 amide bonds. The van der Waals surface area contributed by atoms with Crippen molar-refractivity contribution >= 4 is 9.84 Å². The van der Waals surface area contributed by atoms with Crippen LogP contribution in [0.4, 0.5) is 0 Å².